The molecule has 2 aliphatic rings. The Morgan fingerprint density at radius 1 is 1.11 bits per heavy atom. The summed E-state index contributed by atoms with van der Waals surface area (Å²) in [6.45, 7) is 4.64. The van der Waals surface area contributed by atoms with Crippen LogP contribution in [0.2, 0.25) is 0 Å². The number of benzene rings is 2. The summed E-state index contributed by atoms with van der Waals surface area (Å²) in [6.07, 6.45) is 1.72. The molecule has 4 heteroatoms. The predicted octanol–water partition coefficient (Wildman–Crippen LogP) is 5.09. The Bertz CT molecular complexity index is 1200. The van der Waals surface area contributed by atoms with Crippen molar-refractivity contribution in [3.05, 3.63) is 93.4 Å². The van der Waals surface area contributed by atoms with Gasteiger partial charge in [0.1, 0.15) is 12.4 Å². The number of H-pyrrole nitrogens is 1. The lowest BCUT2D eigenvalue weighted by atomic mass is 9.78. The van der Waals surface area contributed by atoms with Crippen LogP contribution in [-0.4, -0.2) is 10.7 Å². The number of nitrogens with one attached hydrogen (secondary N) is 1. The third kappa shape index (κ3) is 2.53. The molecule has 0 spiro atoms. The maximum absolute atomic E-state index is 12.5. The van der Waals surface area contributed by atoms with Crippen molar-refractivity contribution < 1.29 is 4.74 Å². The van der Waals surface area contributed by atoms with Gasteiger partial charge in [0.15, 0.2) is 0 Å². The number of rotatable bonds is 3. The highest BCUT2D eigenvalue weighted by Crippen LogP contribution is 2.47. The molecule has 2 heterocycles. The zero-order valence-electron chi connectivity index (χ0n) is 15.8. The highest BCUT2D eigenvalue weighted by molar-refractivity contribution is 6.38. The Balaban J connectivity index is 1.56. The number of fused-ring (bicyclic) bond motifs is 4. The summed E-state index contributed by atoms with van der Waals surface area (Å²) in [7, 11) is 0. The van der Waals surface area contributed by atoms with Gasteiger partial charge < -0.3 is 9.72 Å². The van der Waals surface area contributed by atoms with Crippen LogP contribution in [-0.2, 0) is 6.61 Å². The average Bonchev–Trinajstić information content (AvgIpc) is 3.10. The monoisotopic (exact) mass is 368 g/mol. The minimum absolute atomic E-state index is 0.0432. The van der Waals surface area contributed by atoms with Crippen molar-refractivity contribution in [2.75, 3.05) is 0 Å². The van der Waals surface area contributed by atoms with E-state index in [1.165, 1.54) is 0 Å². The van der Waals surface area contributed by atoms with Gasteiger partial charge in [0.2, 0.25) is 0 Å². The van der Waals surface area contributed by atoms with E-state index in [0.29, 0.717) is 6.61 Å². The summed E-state index contributed by atoms with van der Waals surface area (Å²) in [5, 5.41) is 0. The summed E-state index contributed by atoms with van der Waals surface area (Å²) in [4.78, 5) is 20.2. The summed E-state index contributed by atoms with van der Waals surface area (Å²) in [5.41, 5.74) is 7.95. The van der Waals surface area contributed by atoms with Gasteiger partial charge in [-0.15, -0.1) is 0 Å². The van der Waals surface area contributed by atoms with Gasteiger partial charge in [0.05, 0.1) is 11.4 Å². The minimum atomic E-state index is -0.0432. The molecule has 1 atom stereocenters. The fraction of sp³-hybridized carbons (Fsp3) is 0.167. The van der Waals surface area contributed by atoms with Gasteiger partial charge in [0.25, 0.3) is 5.56 Å². The van der Waals surface area contributed by atoms with Crippen LogP contribution in [0.15, 0.2) is 70.6 Å². The van der Waals surface area contributed by atoms with Crippen molar-refractivity contribution in [3.63, 3.8) is 0 Å². The van der Waals surface area contributed by atoms with Crippen LogP contribution in [0.3, 0.4) is 0 Å². The van der Waals surface area contributed by atoms with Crippen molar-refractivity contribution >= 4 is 22.5 Å². The Morgan fingerprint density at radius 3 is 2.75 bits per heavy atom. The zero-order valence-corrected chi connectivity index (χ0v) is 15.8. The van der Waals surface area contributed by atoms with E-state index in [1.54, 1.807) is 6.20 Å². The standard InChI is InChI=1S/C24H20N2O2/c1-14-18-10-11-25-24(27)22(18)15(2)21-19-12-17(8-9-20(19)26-23(14)21)28-13-16-6-4-3-5-7-16/h3-12,14H,13H2,1-2H3,(H,25,27). The summed E-state index contributed by atoms with van der Waals surface area (Å²) >= 11 is 0. The molecular formula is C24H20N2O2. The SMILES string of the molecule is CC1=C2C(=Nc3ccc(OCc4ccccc4)cc32)C(C)c2cc[nH]c(=O)c21. The Hall–Kier alpha value is -3.40. The van der Waals surface area contributed by atoms with Crippen molar-refractivity contribution in [1.82, 2.24) is 4.98 Å². The normalized spacial score (nSPS) is 16.9. The summed E-state index contributed by atoms with van der Waals surface area (Å²) in [5.74, 6) is 0.886. The van der Waals surface area contributed by atoms with E-state index in [2.05, 4.69) is 11.9 Å². The van der Waals surface area contributed by atoms with E-state index in [9.17, 15) is 4.79 Å². The van der Waals surface area contributed by atoms with Crippen LogP contribution in [0.25, 0.3) is 11.1 Å². The van der Waals surface area contributed by atoms with Gasteiger partial charge in [-0.25, -0.2) is 0 Å². The first-order valence-electron chi connectivity index (χ1n) is 9.46. The molecule has 0 radical (unpaired) electrons. The molecule has 0 amide bonds. The quantitative estimate of drug-likeness (QED) is 0.700. The molecule has 1 aliphatic carbocycles. The number of hydrogen-bond donors (Lipinski definition) is 1. The topological polar surface area (TPSA) is 54.4 Å². The number of ether oxygens (including phenoxy) is 1. The van der Waals surface area contributed by atoms with Crippen LogP contribution in [0.1, 0.15) is 42.0 Å². The van der Waals surface area contributed by atoms with Crippen LogP contribution in [0, 0.1) is 0 Å². The molecule has 0 bridgehead atoms. The average molecular weight is 368 g/mol. The van der Waals surface area contributed by atoms with Gasteiger partial charge >= 0.3 is 0 Å². The second-order valence-electron chi connectivity index (χ2n) is 7.31. The highest BCUT2D eigenvalue weighted by Gasteiger charge is 2.34. The van der Waals surface area contributed by atoms with E-state index < -0.39 is 0 Å². The number of pyridine rings is 1. The first-order valence-corrected chi connectivity index (χ1v) is 9.46. The molecule has 1 unspecified atom stereocenters. The van der Waals surface area contributed by atoms with Gasteiger partial charge in [-0.3, -0.25) is 9.79 Å². The Labute approximate surface area is 163 Å². The van der Waals surface area contributed by atoms with Gasteiger partial charge in [-0.1, -0.05) is 37.3 Å². The van der Waals surface area contributed by atoms with Gasteiger partial charge in [-0.2, -0.15) is 0 Å². The van der Waals surface area contributed by atoms with Crippen LogP contribution in [0.4, 0.5) is 5.69 Å². The fourth-order valence-electron chi connectivity index (χ4n) is 4.19. The summed E-state index contributed by atoms with van der Waals surface area (Å²) in [6, 6.07) is 18.1. The number of aliphatic imine (C=N–C) groups is 1. The van der Waals surface area contributed by atoms with E-state index in [1.807, 2.05) is 61.5 Å². The first kappa shape index (κ1) is 16.8. The third-order valence-corrected chi connectivity index (χ3v) is 5.60. The maximum Gasteiger partial charge on any atom is 0.255 e. The second-order valence-corrected chi connectivity index (χ2v) is 7.31. The van der Waals surface area contributed by atoms with E-state index >= 15 is 0 Å². The lowest BCUT2D eigenvalue weighted by Crippen LogP contribution is -2.23. The van der Waals surface area contributed by atoms with Crippen molar-refractivity contribution in [2.24, 2.45) is 4.99 Å². The molecule has 0 fully saturated rings. The molecule has 1 aliphatic heterocycles. The minimum Gasteiger partial charge on any atom is -0.489 e. The lowest BCUT2D eigenvalue weighted by Gasteiger charge is -2.25. The molecule has 0 saturated carbocycles. The van der Waals surface area contributed by atoms with Crippen molar-refractivity contribution in [2.45, 2.75) is 26.4 Å². The van der Waals surface area contributed by atoms with Crippen LogP contribution < -0.4 is 10.3 Å². The number of aromatic nitrogens is 1. The smallest absolute Gasteiger partial charge is 0.255 e. The first-order chi connectivity index (χ1) is 13.6. The van der Waals surface area contributed by atoms with E-state index in [0.717, 1.165) is 50.5 Å². The molecular weight excluding hydrogens is 348 g/mol. The van der Waals surface area contributed by atoms with Crippen LogP contribution in [0.5, 0.6) is 5.75 Å². The fourth-order valence-corrected chi connectivity index (χ4v) is 4.19. The zero-order chi connectivity index (χ0) is 19.3. The molecule has 3 aromatic rings. The lowest BCUT2D eigenvalue weighted by molar-refractivity contribution is 0.306. The number of nitrogens with zero attached hydrogens (tertiary/aromatic N) is 1. The molecule has 0 saturated heterocycles. The third-order valence-electron chi connectivity index (χ3n) is 5.60. The summed E-state index contributed by atoms with van der Waals surface area (Å²) < 4.78 is 6.01. The molecule has 28 heavy (non-hydrogen) atoms. The molecule has 1 N–H and O–H groups in total. The molecule has 5 rings (SSSR count). The molecule has 138 valence electrons. The maximum atomic E-state index is 12.5. The van der Waals surface area contributed by atoms with Gasteiger partial charge in [-0.05, 0) is 47.9 Å². The molecule has 2 aromatic carbocycles. The number of hydrogen-bond acceptors (Lipinski definition) is 3. The second kappa shape index (κ2) is 6.34. The Kier molecular flexibility index (Phi) is 3.79. The molecule has 1 aromatic heterocycles. The van der Waals surface area contributed by atoms with Gasteiger partial charge in [0, 0.05) is 28.8 Å². The largest absolute Gasteiger partial charge is 0.489 e. The van der Waals surface area contributed by atoms with E-state index in [-0.39, 0.29) is 11.5 Å². The Morgan fingerprint density at radius 2 is 1.93 bits per heavy atom. The van der Waals surface area contributed by atoms with Crippen LogP contribution >= 0.6 is 0 Å². The number of allylic oxidation sites excluding steroid dienone is 2. The van der Waals surface area contributed by atoms with E-state index in [4.69, 9.17) is 9.73 Å². The predicted molar refractivity (Wildman–Crippen MR) is 112 cm³/mol. The number of aromatic amines is 1. The highest BCUT2D eigenvalue weighted by atomic mass is 16.5. The van der Waals surface area contributed by atoms with Crippen molar-refractivity contribution in [3.8, 4) is 5.75 Å². The van der Waals surface area contributed by atoms with Crippen molar-refractivity contribution in [1.29, 1.82) is 0 Å². The molecule has 4 nitrogen and oxygen atoms in total.